The molecule has 1 aliphatic rings. The van der Waals surface area contributed by atoms with Gasteiger partial charge in [-0.1, -0.05) is 36.4 Å². The summed E-state index contributed by atoms with van der Waals surface area (Å²) in [6, 6.07) is 14.4. The molecule has 2 aromatic carbocycles. The summed E-state index contributed by atoms with van der Waals surface area (Å²) in [6.45, 7) is 6.89. The lowest BCUT2D eigenvalue weighted by Crippen LogP contribution is -2.42. The standard InChI is InChI=1S/C24H33N3O3/c1-5-25-24(28)21-13-20(16-27(21)15-18-9-7-6-8-10-18)26-14-19-11-12-22(29-3)17(2)23(19)30-4/h6-12,20-21,26H,5,13-16H2,1-4H3,(H,25,28)/t20-,21-/m0/s1. The summed E-state index contributed by atoms with van der Waals surface area (Å²) in [5.41, 5.74) is 3.31. The molecule has 0 bridgehead atoms. The third-order valence-electron chi connectivity index (χ3n) is 5.73. The van der Waals surface area contributed by atoms with Gasteiger partial charge in [-0.25, -0.2) is 0 Å². The highest BCUT2D eigenvalue weighted by Gasteiger charge is 2.36. The number of rotatable bonds is 9. The summed E-state index contributed by atoms with van der Waals surface area (Å²) in [7, 11) is 3.36. The third kappa shape index (κ3) is 5.12. The fraction of sp³-hybridized carbons (Fsp3) is 0.458. The van der Waals surface area contributed by atoms with Gasteiger partial charge in [0.25, 0.3) is 0 Å². The van der Waals surface area contributed by atoms with Crippen molar-refractivity contribution < 1.29 is 14.3 Å². The lowest BCUT2D eigenvalue weighted by molar-refractivity contribution is -0.125. The monoisotopic (exact) mass is 411 g/mol. The van der Waals surface area contributed by atoms with Crippen molar-refractivity contribution in [3.05, 3.63) is 59.2 Å². The lowest BCUT2D eigenvalue weighted by atomic mass is 10.1. The van der Waals surface area contributed by atoms with Crippen molar-refractivity contribution in [2.75, 3.05) is 27.3 Å². The number of methoxy groups -OCH3 is 2. The van der Waals surface area contributed by atoms with E-state index in [1.54, 1.807) is 14.2 Å². The molecule has 1 aliphatic heterocycles. The van der Waals surface area contributed by atoms with E-state index in [1.807, 2.05) is 44.2 Å². The number of ether oxygens (including phenoxy) is 2. The Morgan fingerprint density at radius 2 is 1.90 bits per heavy atom. The molecule has 2 atom stereocenters. The number of likely N-dealkylation sites (N-methyl/N-ethyl adjacent to an activating group) is 1. The van der Waals surface area contributed by atoms with Crippen LogP contribution in [0, 0.1) is 6.92 Å². The van der Waals surface area contributed by atoms with Gasteiger partial charge in [-0.05, 0) is 31.9 Å². The molecule has 0 spiro atoms. The zero-order chi connectivity index (χ0) is 21.5. The van der Waals surface area contributed by atoms with Gasteiger partial charge in [0.15, 0.2) is 0 Å². The topological polar surface area (TPSA) is 62.8 Å². The molecule has 0 aromatic heterocycles. The summed E-state index contributed by atoms with van der Waals surface area (Å²) in [6.07, 6.45) is 0.788. The molecule has 0 radical (unpaired) electrons. The summed E-state index contributed by atoms with van der Waals surface area (Å²) >= 11 is 0. The van der Waals surface area contributed by atoms with Crippen LogP contribution in [0.1, 0.15) is 30.0 Å². The predicted molar refractivity (Wildman–Crippen MR) is 119 cm³/mol. The van der Waals surface area contributed by atoms with Crippen molar-refractivity contribution >= 4 is 5.91 Å². The van der Waals surface area contributed by atoms with Gasteiger partial charge in [0.1, 0.15) is 11.5 Å². The van der Waals surface area contributed by atoms with Crippen LogP contribution in [-0.4, -0.2) is 50.2 Å². The van der Waals surface area contributed by atoms with Gasteiger partial charge < -0.3 is 20.1 Å². The molecule has 0 aliphatic carbocycles. The fourth-order valence-electron chi connectivity index (χ4n) is 4.24. The first-order valence-electron chi connectivity index (χ1n) is 10.6. The molecule has 1 saturated heterocycles. The average Bonchev–Trinajstić information content (AvgIpc) is 3.16. The van der Waals surface area contributed by atoms with E-state index in [4.69, 9.17) is 9.47 Å². The molecule has 2 aromatic rings. The fourth-order valence-corrected chi connectivity index (χ4v) is 4.24. The highest BCUT2D eigenvalue weighted by Crippen LogP contribution is 2.31. The molecular formula is C24H33N3O3. The Kier molecular flexibility index (Phi) is 7.71. The van der Waals surface area contributed by atoms with E-state index in [1.165, 1.54) is 5.56 Å². The first-order chi connectivity index (χ1) is 14.6. The van der Waals surface area contributed by atoms with Crippen LogP contribution in [0.2, 0.25) is 0 Å². The smallest absolute Gasteiger partial charge is 0.237 e. The normalized spacial score (nSPS) is 18.9. The second-order valence-corrected chi connectivity index (χ2v) is 7.72. The molecule has 0 saturated carbocycles. The van der Waals surface area contributed by atoms with Gasteiger partial charge in [0.2, 0.25) is 5.91 Å². The Balaban J connectivity index is 1.69. The van der Waals surface area contributed by atoms with Gasteiger partial charge >= 0.3 is 0 Å². The molecule has 3 rings (SSSR count). The number of nitrogens with zero attached hydrogens (tertiary/aromatic N) is 1. The quantitative estimate of drug-likeness (QED) is 0.664. The maximum absolute atomic E-state index is 12.7. The Bertz CT molecular complexity index is 841. The average molecular weight is 412 g/mol. The van der Waals surface area contributed by atoms with Gasteiger partial charge in [-0.3, -0.25) is 9.69 Å². The second kappa shape index (κ2) is 10.5. The van der Waals surface area contributed by atoms with Crippen LogP contribution in [-0.2, 0) is 17.9 Å². The number of hydrogen-bond acceptors (Lipinski definition) is 5. The van der Waals surface area contributed by atoms with E-state index in [0.29, 0.717) is 13.1 Å². The number of amides is 1. The van der Waals surface area contributed by atoms with Crippen LogP contribution in [0.5, 0.6) is 11.5 Å². The number of likely N-dealkylation sites (tertiary alicyclic amines) is 1. The molecule has 1 fully saturated rings. The van der Waals surface area contributed by atoms with Crippen LogP contribution < -0.4 is 20.1 Å². The minimum atomic E-state index is -0.123. The van der Waals surface area contributed by atoms with Gasteiger partial charge in [-0.15, -0.1) is 0 Å². The number of carbonyl (C=O) groups excluding carboxylic acids is 1. The highest BCUT2D eigenvalue weighted by molar-refractivity contribution is 5.82. The molecule has 1 amide bonds. The van der Waals surface area contributed by atoms with Gasteiger partial charge in [0.05, 0.1) is 20.3 Å². The van der Waals surface area contributed by atoms with Crippen molar-refractivity contribution in [2.24, 2.45) is 0 Å². The number of benzene rings is 2. The largest absolute Gasteiger partial charge is 0.496 e. The molecule has 2 N–H and O–H groups in total. The van der Waals surface area contributed by atoms with Crippen molar-refractivity contribution in [1.82, 2.24) is 15.5 Å². The van der Waals surface area contributed by atoms with Gasteiger partial charge in [0, 0.05) is 43.3 Å². The minimum absolute atomic E-state index is 0.107. The first kappa shape index (κ1) is 22.1. The van der Waals surface area contributed by atoms with Crippen LogP contribution in [0.4, 0.5) is 0 Å². The summed E-state index contributed by atoms with van der Waals surface area (Å²) in [5.74, 6) is 1.78. The first-order valence-corrected chi connectivity index (χ1v) is 10.6. The summed E-state index contributed by atoms with van der Waals surface area (Å²) in [4.78, 5) is 14.9. The van der Waals surface area contributed by atoms with Crippen LogP contribution in [0.25, 0.3) is 0 Å². The van der Waals surface area contributed by atoms with E-state index >= 15 is 0 Å². The molecular weight excluding hydrogens is 378 g/mol. The second-order valence-electron chi connectivity index (χ2n) is 7.72. The number of carbonyl (C=O) groups is 1. The summed E-state index contributed by atoms with van der Waals surface area (Å²) < 4.78 is 11.0. The van der Waals surface area contributed by atoms with E-state index in [2.05, 4.69) is 27.7 Å². The number of hydrogen-bond donors (Lipinski definition) is 2. The van der Waals surface area contributed by atoms with E-state index < -0.39 is 0 Å². The zero-order valence-electron chi connectivity index (χ0n) is 18.4. The van der Waals surface area contributed by atoms with E-state index in [0.717, 1.165) is 42.1 Å². The molecule has 1 heterocycles. The van der Waals surface area contributed by atoms with Crippen LogP contribution >= 0.6 is 0 Å². The van der Waals surface area contributed by atoms with Crippen LogP contribution in [0.3, 0.4) is 0 Å². The Morgan fingerprint density at radius 1 is 1.13 bits per heavy atom. The van der Waals surface area contributed by atoms with E-state index in [9.17, 15) is 4.79 Å². The molecule has 6 nitrogen and oxygen atoms in total. The zero-order valence-corrected chi connectivity index (χ0v) is 18.4. The van der Waals surface area contributed by atoms with Crippen molar-refractivity contribution in [3.63, 3.8) is 0 Å². The molecule has 6 heteroatoms. The van der Waals surface area contributed by atoms with Crippen molar-refractivity contribution in [1.29, 1.82) is 0 Å². The van der Waals surface area contributed by atoms with Gasteiger partial charge in [-0.2, -0.15) is 0 Å². The Hall–Kier alpha value is -2.57. The van der Waals surface area contributed by atoms with Crippen molar-refractivity contribution in [3.8, 4) is 11.5 Å². The maximum atomic E-state index is 12.7. The highest BCUT2D eigenvalue weighted by atomic mass is 16.5. The summed E-state index contributed by atoms with van der Waals surface area (Å²) in [5, 5.41) is 6.63. The molecule has 0 unspecified atom stereocenters. The predicted octanol–water partition coefficient (Wildman–Crippen LogP) is 2.88. The third-order valence-corrected chi connectivity index (χ3v) is 5.73. The number of nitrogens with one attached hydrogen (secondary N) is 2. The minimum Gasteiger partial charge on any atom is -0.496 e. The van der Waals surface area contributed by atoms with Crippen LogP contribution in [0.15, 0.2) is 42.5 Å². The SMILES string of the molecule is CCNC(=O)[C@@H]1C[C@H](NCc2ccc(OC)c(C)c2OC)CN1Cc1ccccc1. The molecule has 162 valence electrons. The maximum Gasteiger partial charge on any atom is 0.237 e. The van der Waals surface area contributed by atoms with E-state index in [-0.39, 0.29) is 18.0 Å². The Labute approximate surface area is 179 Å². The lowest BCUT2D eigenvalue weighted by Gasteiger charge is -2.23. The van der Waals surface area contributed by atoms with Crippen molar-refractivity contribution in [2.45, 2.75) is 45.4 Å². The Morgan fingerprint density at radius 3 is 2.57 bits per heavy atom. The molecule has 30 heavy (non-hydrogen) atoms.